The fourth-order valence-electron chi connectivity index (χ4n) is 2.30. The number of halogens is 1. The van der Waals surface area contributed by atoms with Crippen LogP contribution in [0.4, 0.5) is 0 Å². The first-order valence-electron chi connectivity index (χ1n) is 6.61. The van der Waals surface area contributed by atoms with Crippen LogP contribution in [0.15, 0.2) is 24.3 Å². The second-order valence-corrected chi connectivity index (χ2v) is 5.00. The molecule has 0 saturated heterocycles. The van der Waals surface area contributed by atoms with E-state index in [-0.39, 0.29) is 0 Å². The van der Waals surface area contributed by atoms with E-state index in [2.05, 4.69) is 5.10 Å². The molecule has 0 bridgehead atoms. The third-order valence-corrected chi connectivity index (χ3v) is 3.83. The molecular weight excluding hydrogens is 276 g/mol. The van der Waals surface area contributed by atoms with E-state index in [1.54, 1.807) is 7.11 Å². The van der Waals surface area contributed by atoms with Crippen molar-refractivity contribution in [3.63, 3.8) is 0 Å². The number of ether oxygens (including phenoxy) is 1. The molecule has 0 aliphatic carbocycles. The van der Waals surface area contributed by atoms with E-state index >= 15 is 0 Å². The van der Waals surface area contributed by atoms with Gasteiger partial charge in [0.05, 0.1) is 29.6 Å². The van der Waals surface area contributed by atoms with Crippen LogP contribution in [-0.2, 0) is 13.0 Å². The van der Waals surface area contributed by atoms with E-state index in [4.69, 9.17) is 16.3 Å². The van der Waals surface area contributed by atoms with Crippen molar-refractivity contribution in [3.8, 4) is 5.75 Å². The summed E-state index contributed by atoms with van der Waals surface area (Å²) < 4.78 is 7.11. The summed E-state index contributed by atoms with van der Waals surface area (Å²) >= 11 is 6.27. The lowest BCUT2D eigenvalue weighted by Gasteiger charge is -2.15. The Kier molecular flexibility index (Phi) is 4.68. The number of hydrogen-bond donors (Lipinski definition) is 1. The molecule has 5 heteroatoms. The van der Waals surface area contributed by atoms with E-state index in [0.29, 0.717) is 17.2 Å². The highest BCUT2D eigenvalue weighted by Crippen LogP contribution is 2.30. The average Bonchev–Trinajstić information content (AvgIpc) is 2.74. The van der Waals surface area contributed by atoms with Crippen molar-refractivity contribution in [1.82, 2.24) is 9.78 Å². The lowest BCUT2D eigenvalue weighted by atomic mass is 10.0. The molecule has 0 amide bonds. The number of methoxy groups -OCH3 is 1. The van der Waals surface area contributed by atoms with Gasteiger partial charge in [0, 0.05) is 18.5 Å². The maximum Gasteiger partial charge on any atom is 0.124 e. The number of aromatic nitrogens is 2. The van der Waals surface area contributed by atoms with E-state index < -0.39 is 6.10 Å². The number of aryl methyl sites for hydroxylation is 2. The highest BCUT2D eigenvalue weighted by atomic mass is 35.5. The summed E-state index contributed by atoms with van der Waals surface area (Å²) in [5, 5.41) is 15.4. The van der Waals surface area contributed by atoms with Gasteiger partial charge in [0.25, 0.3) is 0 Å². The van der Waals surface area contributed by atoms with E-state index in [0.717, 1.165) is 23.5 Å². The quantitative estimate of drug-likeness (QED) is 0.921. The van der Waals surface area contributed by atoms with Gasteiger partial charge in [0.2, 0.25) is 0 Å². The van der Waals surface area contributed by atoms with Gasteiger partial charge in [-0.1, -0.05) is 29.8 Å². The third kappa shape index (κ3) is 2.81. The third-order valence-electron chi connectivity index (χ3n) is 3.34. The van der Waals surface area contributed by atoms with E-state index in [1.165, 1.54) is 0 Å². The molecule has 1 aromatic carbocycles. The van der Waals surface area contributed by atoms with Crippen molar-refractivity contribution in [2.45, 2.75) is 32.9 Å². The molecule has 20 heavy (non-hydrogen) atoms. The first kappa shape index (κ1) is 14.9. The zero-order valence-corrected chi connectivity index (χ0v) is 12.7. The molecular formula is C15H19ClN2O2. The Morgan fingerprint density at radius 2 is 2.10 bits per heavy atom. The number of benzene rings is 1. The standard InChI is InChI=1S/C15H19ClN2O2/c1-4-18-12(15(16)10(2)17-18)9-13(19)11-7-5-6-8-14(11)20-3/h5-8,13,19H,4,9H2,1-3H3. The van der Waals surface area contributed by atoms with E-state index in [1.807, 2.05) is 42.8 Å². The molecule has 0 aliphatic rings. The zero-order valence-electron chi connectivity index (χ0n) is 11.9. The molecule has 0 aliphatic heterocycles. The summed E-state index contributed by atoms with van der Waals surface area (Å²) in [7, 11) is 1.60. The monoisotopic (exact) mass is 294 g/mol. The van der Waals surface area contributed by atoms with Crippen molar-refractivity contribution in [2.24, 2.45) is 0 Å². The summed E-state index contributed by atoms with van der Waals surface area (Å²) in [5.74, 6) is 0.676. The maximum atomic E-state index is 10.5. The fraction of sp³-hybridized carbons (Fsp3) is 0.400. The Morgan fingerprint density at radius 3 is 2.75 bits per heavy atom. The fourth-order valence-corrected chi connectivity index (χ4v) is 2.51. The van der Waals surface area contributed by atoms with Crippen LogP contribution in [0.2, 0.25) is 5.02 Å². The normalized spacial score (nSPS) is 12.4. The molecule has 1 unspecified atom stereocenters. The second kappa shape index (κ2) is 6.29. The summed E-state index contributed by atoms with van der Waals surface area (Å²) in [5.41, 5.74) is 2.40. The van der Waals surface area contributed by atoms with Crippen LogP contribution in [0, 0.1) is 6.92 Å². The molecule has 1 atom stereocenters. The highest BCUT2D eigenvalue weighted by molar-refractivity contribution is 6.31. The second-order valence-electron chi connectivity index (χ2n) is 4.62. The minimum atomic E-state index is -0.676. The smallest absolute Gasteiger partial charge is 0.124 e. The summed E-state index contributed by atoms with van der Waals surface area (Å²) in [6, 6.07) is 7.45. The van der Waals surface area contributed by atoms with Gasteiger partial charge in [-0.3, -0.25) is 4.68 Å². The number of aliphatic hydroxyl groups is 1. The van der Waals surface area contributed by atoms with Crippen LogP contribution >= 0.6 is 11.6 Å². The van der Waals surface area contributed by atoms with Crippen molar-refractivity contribution in [1.29, 1.82) is 0 Å². The molecule has 4 nitrogen and oxygen atoms in total. The van der Waals surface area contributed by atoms with Crippen LogP contribution in [0.3, 0.4) is 0 Å². The average molecular weight is 295 g/mol. The topological polar surface area (TPSA) is 47.3 Å². The van der Waals surface area contributed by atoms with Crippen LogP contribution in [0.25, 0.3) is 0 Å². The van der Waals surface area contributed by atoms with Gasteiger partial charge in [0.1, 0.15) is 5.75 Å². The zero-order chi connectivity index (χ0) is 14.7. The first-order chi connectivity index (χ1) is 9.58. The molecule has 2 rings (SSSR count). The molecule has 0 saturated carbocycles. The van der Waals surface area contributed by atoms with Gasteiger partial charge >= 0.3 is 0 Å². The van der Waals surface area contributed by atoms with Crippen LogP contribution in [-0.4, -0.2) is 22.0 Å². The van der Waals surface area contributed by atoms with E-state index in [9.17, 15) is 5.11 Å². The summed E-state index contributed by atoms with van der Waals surface area (Å²) in [6.07, 6.45) is -0.265. The van der Waals surface area contributed by atoms with Gasteiger partial charge in [-0.2, -0.15) is 5.10 Å². The van der Waals surface area contributed by atoms with Gasteiger partial charge in [0.15, 0.2) is 0 Å². The Morgan fingerprint density at radius 1 is 1.40 bits per heavy atom. The molecule has 108 valence electrons. The maximum absolute atomic E-state index is 10.5. The summed E-state index contributed by atoms with van der Waals surface area (Å²) in [6.45, 7) is 4.59. The number of rotatable bonds is 5. The molecule has 1 heterocycles. The molecule has 0 fully saturated rings. The predicted molar refractivity (Wildman–Crippen MR) is 79.3 cm³/mol. The van der Waals surface area contributed by atoms with Crippen LogP contribution < -0.4 is 4.74 Å². The molecule has 2 aromatic rings. The minimum absolute atomic E-state index is 0.411. The Hall–Kier alpha value is -1.52. The van der Waals surface area contributed by atoms with Gasteiger partial charge in [-0.05, 0) is 19.9 Å². The number of aliphatic hydroxyl groups excluding tert-OH is 1. The largest absolute Gasteiger partial charge is 0.496 e. The number of nitrogens with zero attached hydrogens (tertiary/aromatic N) is 2. The molecule has 1 N–H and O–H groups in total. The Bertz CT molecular complexity index is 596. The van der Waals surface area contributed by atoms with Crippen molar-refractivity contribution in [2.75, 3.05) is 7.11 Å². The predicted octanol–water partition coefficient (Wildman–Crippen LogP) is 3.15. The SMILES string of the molecule is CCn1nc(C)c(Cl)c1CC(O)c1ccccc1OC. The van der Waals surface area contributed by atoms with Crippen LogP contribution in [0.1, 0.15) is 30.0 Å². The lowest BCUT2D eigenvalue weighted by molar-refractivity contribution is 0.171. The van der Waals surface area contributed by atoms with Crippen LogP contribution in [0.5, 0.6) is 5.75 Å². The van der Waals surface area contributed by atoms with Gasteiger partial charge in [-0.15, -0.1) is 0 Å². The molecule has 0 spiro atoms. The number of para-hydroxylation sites is 1. The lowest BCUT2D eigenvalue weighted by Crippen LogP contribution is -2.09. The Balaban J connectivity index is 2.30. The highest BCUT2D eigenvalue weighted by Gasteiger charge is 2.19. The van der Waals surface area contributed by atoms with Gasteiger partial charge in [-0.25, -0.2) is 0 Å². The van der Waals surface area contributed by atoms with Crippen molar-refractivity contribution in [3.05, 3.63) is 46.2 Å². The van der Waals surface area contributed by atoms with Crippen molar-refractivity contribution < 1.29 is 9.84 Å². The summed E-state index contributed by atoms with van der Waals surface area (Å²) in [4.78, 5) is 0. The van der Waals surface area contributed by atoms with Gasteiger partial charge < -0.3 is 9.84 Å². The minimum Gasteiger partial charge on any atom is -0.496 e. The molecule has 0 radical (unpaired) electrons. The first-order valence-corrected chi connectivity index (χ1v) is 6.99. The molecule has 1 aromatic heterocycles. The number of hydrogen-bond acceptors (Lipinski definition) is 3. The van der Waals surface area contributed by atoms with Crippen molar-refractivity contribution >= 4 is 11.6 Å². The Labute approximate surface area is 123 Å².